The van der Waals surface area contributed by atoms with Crippen LogP contribution in [0.2, 0.25) is 5.02 Å². The molecular formula is C17H15ClN2O2. The van der Waals surface area contributed by atoms with Crippen LogP contribution in [0.3, 0.4) is 0 Å². The van der Waals surface area contributed by atoms with E-state index in [1.54, 1.807) is 0 Å². The van der Waals surface area contributed by atoms with Gasteiger partial charge >= 0.3 is 0 Å². The van der Waals surface area contributed by atoms with Crippen molar-refractivity contribution in [3.8, 4) is 11.5 Å². The number of fused-ring (bicyclic) bond motifs is 1. The smallest absolute Gasteiger partial charge is 0.182 e. The lowest BCUT2D eigenvalue weighted by Crippen LogP contribution is -2.17. The van der Waals surface area contributed by atoms with Crippen molar-refractivity contribution < 1.29 is 9.15 Å². The predicted octanol–water partition coefficient (Wildman–Crippen LogP) is 4.87. The molecule has 0 amide bonds. The summed E-state index contributed by atoms with van der Waals surface area (Å²) in [7, 11) is 0. The Labute approximate surface area is 133 Å². The van der Waals surface area contributed by atoms with Crippen molar-refractivity contribution >= 4 is 28.4 Å². The summed E-state index contributed by atoms with van der Waals surface area (Å²) in [6, 6.07) is 11.5. The molecule has 4 nitrogen and oxygen atoms in total. The third-order valence-corrected chi connectivity index (χ3v) is 4.23. The second-order valence-corrected chi connectivity index (χ2v) is 5.77. The number of ether oxygens (including phenoxy) is 1. The number of hydrogen-bond donors (Lipinski definition) is 0. The molecule has 1 saturated heterocycles. The van der Waals surface area contributed by atoms with Crippen LogP contribution in [0.25, 0.3) is 11.1 Å². The minimum atomic E-state index is 0.602. The van der Waals surface area contributed by atoms with Crippen molar-refractivity contribution in [3.63, 3.8) is 0 Å². The van der Waals surface area contributed by atoms with Crippen LogP contribution in [0.5, 0.6) is 11.5 Å². The van der Waals surface area contributed by atoms with Gasteiger partial charge < -0.3 is 14.1 Å². The van der Waals surface area contributed by atoms with Gasteiger partial charge in [-0.3, -0.25) is 0 Å². The Morgan fingerprint density at radius 1 is 1.09 bits per heavy atom. The minimum absolute atomic E-state index is 0.602. The lowest BCUT2D eigenvalue weighted by Gasteiger charge is -2.18. The van der Waals surface area contributed by atoms with Gasteiger partial charge in [0.25, 0.3) is 0 Å². The van der Waals surface area contributed by atoms with Crippen molar-refractivity contribution in [2.45, 2.75) is 12.8 Å². The summed E-state index contributed by atoms with van der Waals surface area (Å²) < 4.78 is 11.2. The second-order valence-electron chi connectivity index (χ2n) is 5.37. The first-order valence-corrected chi connectivity index (χ1v) is 7.73. The molecule has 1 fully saturated rings. The third-order valence-electron chi connectivity index (χ3n) is 3.93. The van der Waals surface area contributed by atoms with Crippen molar-refractivity contribution in [3.05, 3.63) is 47.8 Å². The number of benzene rings is 2. The zero-order valence-electron chi connectivity index (χ0n) is 12.0. The van der Waals surface area contributed by atoms with Gasteiger partial charge in [0.1, 0.15) is 5.75 Å². The number of anilines is 1. The fraction of sp³-hybridized carbons (Fsp3) is 0.235. The van der Waals surface area contributed by atoms with Crippen LogP contribution in [0.4, 0.5) is 5.69 Å². The van der Waals surface area contributed by atoms with Crippen molar-refractivity contribution in [2.24, 2.45) is 0 Å². The Bertz CT molecular complexity index is 809. The maximum absolute atomic E-state index is 6.39. The molecule has 4 rings (SSSR count). The summed E-state index contributed by atoms with van der Waals surface area (Å²) in [6.45, 7) is 2.18. The quantitative estimate of drug-likeness (QED) is 0.691. The van der Waals surface area contributed by atoms with Crippen LogP contribution in [0.1, 0.15) is 12.8 Å². The number of aromatic nitrogens is 1. The normalized spacial score (nSPS) is 14.7. The van der Waals surface area contributed by atoms with Gasteiger partial charge in [0.2, 0.25) is 0 Å². The molecule has 1 aliphatic rings. The van der Waals surface area contributed by atoms with Crippen LogP contribution in [-0.2, 0) is 0 Å². The molecule has 5 heteroatoms. The van der Waals surface area contributed by atoms with Gasteiger partial charge in [-0.2, -0.15) is 0 Å². The summed E-state index contributed by atoms with van der Waals surface area (Å²) in [5.41, 5.74) is 2.54. The Hall–Kier alpha value is -2.20. The average molecular weight is 315 g/mol. The summed E-state index contributed by atoms with van der Waals surface area (Å²) in [4.78, 5) is 6.52. The largest absolute Gasteiger partial charge is 0.453 e. The van der Waals surface area contributed by atoms with E-state index in [4.69, 9.17) is 20.8 Å². The molecule has 3 aromatic rings. The summed E-state index contributed by atoms with van der Waals surface area (Å²) in [5, 5.41) is 0.602. The monoisotopic (exact) mass is 314 g/mol. The standard InChI is InChI=1S/C17H15ClN2O2/c18-13-10-12(20-8-1-2-9-20)6-7-14(13)22-16-5-3-4-15-17(16)19-11-21-15/h3-7,10-11H,1-2,8-9H2. The van der Waals surface area contributed by atoms with Crippen LogP contribution in [-0.4, -0.2) is 18.1 Å². The number of hydrogen-bond acceptors (Lipinski definition) is 4. The van der Waals surface area contributed by atoms with Gasteiger partial charge in [0.05, 0.1) is 5.02 Å². The van der Waals surface area contributed by atoms with Crippen LogP contribution >= 0.6 is 11.6 Å². The zero-order chi connectivity index (χ0) is 14.9. The molecule has 0 N–H and O–H groups in total. The molecule has 0 saturated carbocycles. The van der Waals surface area contributed by atoms with E-state index in [-0.39, 0.29) is 0 Å². The first kappa shape index (κ1) is 13.5. The topological polar surface area (TPSA) is 38.5 Å². The minimum Gasteiger partial charge on any atom is -0.453 e. The summed E-state index contributed by atoms with van der Waals surface area (Å²) >= 11 is 6.39. The third kappa shape index (κ3) is 2.40. The van der Waals surface area contributed by atoms with E-state index in [1.165, 1.54) is 19.2 Å². The Morgan fingerprint density at radius 2 is 1.95 bits per heavy atom. The second kappa shape index (κ2) is 5.54. The van der Waals surface area contributed by atoms with Gasteiger partial charge in [-0.05, 0) is 43.2 Å². The van der Waals surface area contributed by atoms with E-state index < -0.39 is 0 Å². The number of halogens is 1. The first-order chi connectivity index (χ1) is 10.8. The molecular weight excluding hydrogens is 300 g/mol. The maximum atomic E-state index is 6.39. The van der Waals surface area contributed by atoms with E-state index in [9.17, 15) is 0 Å². The molecule has 0 bridgehead atoms. The Balaban J connectivity index is 1.64. The highest BCUT2D eigenvalue weighted by molar-refractivity contribution is 6.32. The fourth-order valence-corrected chi connectivity index (χ4v) is 3.02. The number of rotatable bonds is 3. The van der Waals surface area contributed by atoms with Crippen molar-refractivity contribution in [1.29, 1.82) is 0 Å². The molecule has 1 aliphatic heterocycles. The first-order valence-electron chi connectivity index (χ1n) is 7.36. The van der Waals surface area contributed by atoms with Crippen LogP contribution in [0.15, 0.2) is 47.2 Å². The molecule has 2 aromatic carbocycles. The highest BCUT2D eigenvalue weighted by atomic mass is 35.5. The van der Waals surface area contributed by atoms with Gasteiger partial charge in [-0.25, -0.2) is 4.98 Å². The lowest BCUT2D eigenvalue weighted by molar-refractivity contribution is 0.487. The van der Waals surface area contributed by atoms with Gasteiger partial charge in [0, 0.05) is 18.8 Å². The molecule has 1 aromatic heterocycles. The fourth-order valence-electron chi connectivity index (χ4n) is 2.81. The van der Waals surface area contributed by atoms with Crippen molar-refractivity contribution in [2.75, 3.05) is 18.0 Å². The van der Waals surface area contributed by atoms with Gasteiger partial charge in [-0.15, -0.1) is 0 Å². The van der Waals surface area contributed by atoms with E-state index in [0.717, 1.165) is 18.8 Å². The molecule has 112 valence electrons. The lowest BCUT2D eigenvalue weighted by atomic mass is 10.2. The van der Waals surface area contributed by atoms with E-state index in [0.29, 0.717) is 27.6 Å². The molecule has 0 radical (unpaired) electrons. The Kier molecular flexibility index (Phi) is 3.39. The average Bonchev–Trinajstić information content (AvgIpc) is 3.20. The predicted molar refractivity (Wildman–Crippen MR) is 87.0 cm³/mol. The molecule has 0 atom stereocenters. The van der Waals surface area contributed by atoms with Gasteiger partial charge in [-0.1, -0.05) is 17.7 Å². The summed E-state index contributed by atoms with van der Waals surface area (Å²) in [5.74, 6) is 1.27. The van der Waals surface area contributed by atoms with Crippen LogP contribution < -0.4 is 9.64 Å². The number of para-hydroxylation sites is 1. The Morgan fingerprint density at radius 3 is 2.77 bits per heavy atom. The molecule has 0 spiro atoms. The number of oxazole rings is 1. The van der Waals surface area contributed by atoms with E-state index in [1.807, 2.05) is 30.3 Å². The highest BCUT2D eigenvalue weighted by Crippen LogP contribution is 2.35. The van der Waals surface area contributed by atoms with Crippen LogP contribution in [0, 0.1) is 0 Å². The van der Waals surface area contributed by atoms with E-state index >= 15 is 0 Å². The molecule has 22 heavy (non-hydrogen) atoms. The molecule has 2 heterocycles. The highest BCUT2D eigenvalue weighted by Gasteiger charge is 2.15. The SMILES string of the molecule is Clc1cc(N2CCCC2)ccc1Oc1cccc2ocnc12. The van der Waals surface area contributed by atoms with E-state index in [2.05, 4.69) is 16.0 Å². The molecule has 0 unspecified atom stereocenters. The summed E-state index contributed by atoms with van der Waals surface area (Å²) in [6.07, 6.45) is 3.89. The van der Waals surface area contributed by atoms with Crippen molar-refractivity contribution in [1.82, 2.24) is 4.98 Å². The van der Waals surface area contributed by atoms with Gasteiger partial charge in [0.15, 0.2) is 23.2 Å². The molecule has 0 aliphatic carbocycles. The maximum Gasteiger partial charge on any atom is 0.182 e. The number of nitrogens with zero attached hydrogens (tertiary/aromatic N) is 2. The zero-order valence-corrected chi connectivity index (χ0v) is 12.7.